The summed E-state index contributed by atoms with van der Waals surface area (Å²) in [5.74, 6) is 0.111. The first-order chi connectivity index (χ1) is 14.7. The molecule has 0 atom stereocenters. The predicted molar refractivity (Wildman–Crippen MR) is 117 cm³/mol. The third-order valence-electron chi connectivity index (χ3n) is 4.24. The summed E-state index contributed by atoms with van der Waals surface area (Å²) in [5, 5.41) is 4.44. The number of urea groups is 1. The molecule has 0 fully saturated rings. The van der Waals surface area contributed by atoms with Gasteiger partial charge in [-0.25, -0.2) is 14.8 Å². The predicted octanol–water partition coefficient (Wildman–Crippen LogP) is 5.14. The largest absolute Gasteiger partial charge is 0.417 e. The summed E-state index contributed by atoms with van der Waals surface area (Å²) in [5.41, 5.74) is 6.76. The summed E-state index contributed by atoms with van der Waals surface area (Å²) in [7, 11) is 0. The van der Waals surface area contributed by atoms with Gasteiger partial charge in [-0.1, -0.05) is 11.6 Å². The molecule has 0 aliphatic heterocycles. The van der Waals surface area contributed by atoms with Gasteiger partial charge in [0.05, 0.1) is 16.8 Å². The van der Waals surface area contributed by atoms with Gasteiger partial charge < -0.3 is 16.4 Å². The van der Waals surface area contributed by atoms with Crippen LogP contribution < -0.4 is 16.4 Å². The lowest BCUT2D eigenvalue weighted by molar-refractivity contribution is -0.137. The summed E-state index contributed by atoms with van der Waals surface area (Å²) in [6, 6.07) is 9.05. The fraction of sp³-hybridized carbons (Fsp3) is 0.0526. The highest BCUT2D eigenvalue weighted by Gasteiger charge is 2.33. The third-order valence-corrected chi connectivity index (χ3v) is 4.57. The lowest BCUT2D eigenvalue weighted by atomic mass is 10.2. The number of alkyl halides is 3. The van der Waals surface area contributed by atoms with Crippen LogP contribution in [-0.4, -0.2) is 25.6 Å². The Morgan fingerprint density at radius 2 is 1.69 bits per heavy atom. The van der Waals surface area contributed by atoms with E-state index in [2.05, 4.69) is 25.6 Å². The highest BCUT2D eigenvalue weighted by molar-refractivity contribution is 6.31. The first-order valence-electron chi connectivity index (χ1n) is 8.71. The monoisotopic (exact) mass is 483 g/mol. The summed E-state index contributed by atoms with van der Waals surface area (Å²) >= 11 is 5.58. The standard InChI is InChI=1S/C19H13ClF3N7O.ClH/c20-14-6-3-11(7-13(14)19(21,22)23)28-18(31)27-10-1-4-12(5-2-10)30-9-26-15-8-25-17(24)29-16(15)30;/h1-9H,(H2,24,25,29)(H2,27,28,31);1H. The Labute approximate surface area is 190 Å². The Bertz CT molecular complexity index is 1280. The minimum atomic E-state index is -4.63. The molecular formula is C19H14Cl2F3N7O. The second-order valence-electron chi connectivity index (χ2n) is 6.37. The van der Waals surface area contributed by atoms with Crippen LogP contribution in [0.25, 0.3) is 16.9 Å². The minimum absolute atomic E-state index is 0. The molecule has 8 nitrogen and oxygen atoms in total. The van der Waals surface area contributed by atoms with Crippen molar-refractivity contribution in [2.75, 3.05) is 16.4 Å². The van der Waals surface area contributed by atoms with Gasteiger partial charge in [-0.05, 0) is 42.5 Å². The lowest BCUT2D eigenvalue weighted by Crippen LogP contribution is -2.20. The quantitative estimate of drug-likeness (QED) is 0.373. The maximum absolute atomic E-state index is 13.0. The van der Waals surface area contributed by atoms with E-state index in [0.29, 0.717) is 22.5 Å². The molecule has 4 rings (SSSR count). The van der Waals surface area contributed by atoms with E-state index in [4.69, 9.17) is 17.3 Å². The number of rotatable bonds is 3. The summed E-state index contributed by atoms with van der Waals surface area (Å²) in [4.78, 5) is 24.4. The fourth-order valence-corrected chi connectivity index (χ4v) is 3.06. The van der Waals surface area contributed by atoms with E-state index in [9.17, 15) is 18.0 Å². The molecular weight excluding hydrogens is 470 g/mol. The van der Waals surface area contributed by atoms with Crippen molar-refractivity contribution in [2.24, 2.45) is 0 Å². The molecule has 166 valence electrons. The first-order valence-corrected chi connectivity index (χ1v) is 9.09. The van der Waals surface area contributed by atoms with Crippen molar-refractivity contribution in [1.29, 1.82) is 0 Å². The number of imidazole rings is 1. The van der Waals surface area contributed by atoms with Crippen molar-refractivity contribution >= 4 is 58.5 Å². The van der Waals surface area contributed by atoms with Crippen molar-refractivity contribution in [1.82, 2.24) is 19.5 Å². The number of aromatic nitrogens is 4. The van der Waals surface area contributed by atoms with Crippen LogP contribution in [0.3, 0.4) is 0 Å². The average molecular weight is 484 g/mol. The molecule has 0 saturated carbocycles. The number of nitrogen functional groups attached to an aromatic ring is 1. The molecule has 0 unspecified atom stereocenters. The van der Waals surface area contributed by atoms with Crippen LogP contribution in [0.15, 0.2) is 55.0 Å². The molecule has 2 aromatic carbocycles. The van der Waals surface area contributed by atoms with E-state index < -0.39 is 22.8 Å². The number of nitrogens with two attached hydrogens (primary N) is 1. The number of halogens is 5. The maximum Gasteiger partial charge on any atom is 0.417 e. The van der Waals surface area contributed by atoms with Gasteiger partial charge in [-0.3, -0.25) is 4.57 Å². The van der Waals surface area contributed by atoms with Crippen molar-refractivity contribution < 1.29 is 18.0 Å². The number of hydrogen-bond acceptors (Lipinski definition) is 5. The number of nitrogens with zero attached hydrogens (tertiary/aromatic N) is 4. The van der Waals surface area contributed by atoms with E-state index in [1.165, 1.54) is 12.3 Å². The Hall–Kier alpha value is -3.57. The number of carbonyl (C=O) groups excluding carboxylic acids is 1. The first kappa shape index (κ1) is 23.1. The molecule has 0 aliphatic carbocycles. The van der Waals surface area contributed by atoms with Crippen LogP contribution in [0, 0.1) is 0 Å². The van der Waals surface area contributed by atoms with Crippen LogP contribution in [0.5, 0.6) is 0 Å². The second-order valence-corrected chi connectivity index (χ2v) is 6.78. The zero-order valence-corrected chi connectivity index (χ0v) is 17.5. The number of amides is 2. The van der Waals surface area contributed by atoms with Gasteiger partial charge in [-0.15, -0.1) is 12.4 Å². The zero-order valence-electron chi connectivity index (χ0n) is 15.9. The maximum atomic E-state index is 13.0. The fourth-order valence-electron chi connectivity index (χ4n) is 2.83. The third kappa shape index (κ3) is 4.84. The van der Waals surface area contributed by atoms with Crippen LogP contribution in [0.2, 0.25) is 5.02 Å². The molecule has 13 heteroatoms. The van der Waals surface area contributed by atoms with Crippen molar-refractivity contribution in [3.8, 4) is 5.69 Å². The molecule has 2 aromatic heterocycles. The van der Waals surface area contributed by atoms with E-state index in [1.54, 1.807) is 35.2 Å². The van der Waals surface area contributed by atoms with E-state index in [1.807, 2.05) is 0 Å². The summed E-state index contributed by atoms with van der Waals surface area (Å²) in [6.07, 6.45) is -1.56. The van der Waals surface area contributed by atoms with Crippen LogP contribution in [-0.2, 0) is 6.18 Å². The molecule has 0 aliphatic rings. The van der Waals surface area contributed by atoms with E-state index in [-0.39, 0.29) is 24.0 Å². The number of benzene rings is 2. The van der Waals surface area contributed by atoms with Crippen LogP contribution in [0.1, 0.15) is 5.56 Å². The van der Waals surface area contributed by atoms with Gasteiger partial charge in [0.1, 0.15) is 11.8 Å². The molecule has 0 spiro atoms. The van der Waals surface area contributed by atoms with Gasteiger partial charge in [0.25, 0.3) is 0 Å². The zero-order chi connectivity index (χ0) is 22.2. The molecule has 32 heavy (non-hydrogen) atoms. The molecule has 0 bridgehead atoms. The Morgan fingerprint density at radius 3 is 2.38 bits per heavy atom. The van der Waals surface area contributed by atoms with Crippen LogP contribution in [0.4, 0.5) is 35.3 Å². The van der Waals surface area contributed by atoms with Gasteiger partial charge in [0.2, 0.25) is 5.95 Å². The SMILES string of the molecule is Cl.Nc1ncc2ncn(-c3ccc(NC(=O)Nc4ccc(Cl)c(C(F)(F)F)c4)cc3)c2n1. The average Bonchev–Trinajstić information content (AvgIpc) is 3.12. The van der Waals surface area contributed by atoms with Crippen LogP contribution >= 0.6 is 24.0 Å². The Morgan fingerprint density at radius 1 is 1.03 bits per heavy atom. The van der Waals surface area contributed by atoms with Gasteiger partial charge in [-0.2, -0.15) is 18.2 Å². The van der Waals surface area contributed by atoms with Crippen molar-refractivity contribution in [3.05, 3.63) is 65.6 Å². The van der Waals surface area contributed by atoms with Gasteiger partial charge in [0.15, 0.2) is 5.65 Å². The highest BCUT2D eigenvalue weighted by atomic mass is 35.5. The normalized spacial score (nSPS) is 11.1. The molecule has 4 N–H and O–H groups in total. The topological polar surface area (TPSA) is 111 Å². The second kappa shape index (κ2) is 8.89. The molecule has 2 heterocycles. The number of nitrogens with one attached hydrogen (secondary N) is 2. The molecule has 0 radical (unpaired) electrons. The Balaban J connectivity index is 0.00000289. The van der Waals surface area contributed by atoms with Gasteiger partial charge >= 0.3 is 12.2 Å². The number of anilines is 3. The van der Waals surface area contributed by atoms with Gasteiger partial charge in [0, 0.05) is 17.1 Å². The lowest BCUT2D eigenvalue weighted by Gasteiger charge is -2.12. The summed E-state index contributed by atoms with van der Waals surface area (Å²) < 4.78 is 40.6. The minimum Gasteiger partial charge on any atom is -0.368 e. The Kier molecular flexibility index (Phi) is 6.42. The highest BCUT2D eigenvalue weighted by Crippen LogP contribution is 2.36. The van der Waals surface area contributed by atoms with E-state index >= 15 is 0 Å². The number of hydrogen-bond donors (Lipinski definition) is 3. The number of carbonyl (C=O) groups is 1. The molecule has 0 saturated heterocycles. The smallest absolute Gasteiger partial charge is 0.368 e. The van der Waals surface area contributed by atoms with E-state index in [0.717, 1.165) is 12.1 Å². The van der Waals surface area contributed by atoms with Crippen molar-refractivity contribution in [2.45, 2.75) is 6.18 Å². The molecule has 2 amide bonds. The number of fused-ring (bicyclic) bond motifs is 1. The van der Waals surface area contributed by atoms with Crippen molar-refractivity contribution in [3.63, 3.8) is 0 Å². The summed E-state index contributed by atoms with van der Waals surface area (Å²) in [6.45, 7) is 0. The molecule has 4 aromatic rings.